The quantitative estimate of drug-likeness (QED) is 0.873. The van der Waals surface area contributed by atoms with E-state index in [1.165, 1.54) is 5.69 Å². The SMILES string of the molecule is CN1CCN(c2cccc(Cl)c2CNc2cccc(CO)c2)CC1. The molecule has 24 heavy (non-hydrogen) atoms. The first-order chi connectivity index (χ1) is 11.7. The van der Waals surface area contributed by atoms with E-state index in [4.69, 9.17) is 11.6 Å². The first-order valence-corrected chi connectivity index (χ1v) is 8.69. The van der Waals surface area contributed by atoms with Gasteiger partial charge in [0.1, 0.15) is 0 Å². The Hall–Kier alpha value is -1.75. The first kappa shape index (κ1) is 17.1. The Labute approximate surface area is 148 Å². The highest BCUT2D eigenvalue weighted by Crippen LogP contribution is 2.29. The molecule has 0 bridgehead atoms. The number of hydrogen-bond acceptors (Lipinski definition) is 4. The van der Waals surface area contributed by atoms with Crippen molar-refractivity contribution in [3.63, 3.8) is 0 Å². The van der Waals surface area contributed by atoms with Gasteiger partial charge in [-0.3, -0.25) is 0 Å². The van der Waals surface area contributed by atoms with Crippen LogP contribution in [0.1, 0.15) is 11.1 Å². The topological polar surface area (TPSA) is 38.7 Å². The summed E-state index contributed by atoms with van der Waals surface area (Å²) in [5, 5.41) is 13.5. The molecule has 2 aromatic carbocycles. The van der Waals surface area contributed by atoms with E-state index in [1.807, 2.05) is 36.4 Å². The van der Waals surface area contributed by atoms with Crippen LogP contribution in [0.2, 0.25) is 5.02 Å². The fourth-order valence-corrected chi connectivity index (χ4v) is 3.27. The monoisotopic (exact) mass is 345 g/mol. The maximum Gasteiger partial charge on any atom is 0.0682 e. The largest absolute Gasteiger partial charge is 0.392 e. The van der Waals surface area contributed by atoms with Crippen LogP contribution in [0.3, 0.4) is 0 Å². The maximum absolute atomic E-state index is 9.27. The van der Waals surface area contributed by atoms with Crippen molar-refractivity contribution in [3.8, 4) is 0 Å². The van der Waals surface area contributed by atoms with Gasteiger partial charge >= 0.3 is 0 Å². The number of likely N-dealkylation sites (N-methyl/N-ethyl adjacent to an activating group) is 1. The minimum Gasteiger partial charge on any atom is -0.392 e. The lowest BCUT2D eigenvalue weighted by Gasteiger charge is -2.35. The van der Waals surface area contributed by atoms with Gasteiger partial charge in [-0.25, -0.2) is 0 Å². The zero-order valence-electron chi connectivity index (χ0n) is 14.0. The molecule has 3 rings (SSSR count). The molecule has 0 spiro atoms. The van der Waals surface area contributed by atoms with Crippen LogP contribution in [0.25, 0.3) is 0 Å². The standard InChI is InChI=1S/C19H24ClN3O/c1-22-8-10-23(11-9-22)19-7-3-6-18(20)17(19)13-21-16-5-2-4-15(12-16)14-24/h2-7,12,21,24H,8-11,13-14H2,1H3. The molecule has 1 saturated heterocycles. The average Bonchev–Trinajstić information content (AvgIpc) is 2.61. The highest BCUT2D eigenvalue weighted by atomic mass is 35.5. The van der Waals surface area contributed by atoms with Gasteiger partial charge in [0.15, 0.2) is 0 Å². The van der Waals surface area contributed by atoms with E-state index >= 15 is 0 Å². The highest BCUT2D eigenvalue weighted by molar-refractivity contribution is 6.31. The summed E-state index contributed by atoms with van der Waals surface area (Å²) in [4.78, 5) is 4.76. The molecular formula is C19H24ClN3O. The van der Waals surface area contributed by atoms with Gasteiger partial charge in [-0.05, 0) is 36.9 Å². The number of rotatable bonds is 5. The summed E-state index contributed by atoms with van der Waals surface area (Å²) >= 11 is 6.48. The molecule has 0 aliphatic carbocycles. The maximum atomic E-state index is 9.27. The number of anilines is 2. The lowest BCUT2D eigenvalue weighted by atomic mass is 10.1. The molecule has 0 saturated carbocycles. The van der Waals surface area contributed by atoms with Gasteiger partial charge in [-0.2, -0.15) is 0 Å². The van der Waals surface area contributed by atoms with Gasteiger partial charge in [-0.15, -0.1) is 0 Å². The van der Waals surface area contributed by atoms with Crippen molar-refractivity contribution < 1.29 is 5.11 Å². The van der Waals surface area contributed by atoms with Crippen molar-refractivity contribution >= 4 is 23.0 Å². The molecule has 2 N–H and O–H groups in total. The molecular weight excluding hydrogens is 322 g/mol. The smallest absolute Gasteiger partial charge is 0.0682 e. The van der Waals surface area contributed by atoms with E-state index in [9.17, 15) is 5.11 Å². The number of nitrogens with zero attached hydrogens (tertiary/aromatic N) is 2. The summed E-state index contributed by atoms with van der Waals surface area (Å²) in [6.07, 6.45) is 0. The Balaban J connectivity index is 1.77. The normalized spacial score (nSPS) is 15.5. The van der Waals surface area contributed by atoms with Gasteiger partial charge in [0.2, 0.25) is 0 Å². The third kappa shape index (κ3) is 4.01. The fourth-order valence-electron chi connectivity index (χ4n) is 3.04. The molecule has 1 aliphatic rings. The number of benzene rings is 2. The Bertz CT molecular complexity index is 684. The third-order valence-electron chi connectivity index (χ3n) is 4.52. The van der Waals surface area contributed by atoms with Crippen LogP contribution in [0.5, 0.6) is 0 Å². The minimum absolute atomic E-state index is 0.0498. The number of nitrogens with one attached hydrogen (secondary N) is 1. The molecule has 0 atom stereocenters. The van der Waals surface area contributed by atoms with E-state index in [2.05, 4.69) is 28.2 Å². The van der Waals surface area contributed by atoms with Crippen molar-refractivity contribution in [1.29, 1.82) is 0 Å². The van der Waals surface area contributed by atoms with Crippen LogP contribution < -0.4 is 10.2 Å². The van der Waals surface area contributed by atoms with Crippen LogP contribution in [0.4, 0.5) is 11.4 Å². The van der Waals surface area contributed by atoms with Gasteiger partial charge in [0.25, 0.3) is 0 Å². The lowest BCUT2D eigenvalue weighted by Crippen LogP contribution is -2.44. The molecule has 1 heterocycles. The van der Waals surface area contributed by atoms with Gasteiger partial charge in [-0.1, -0.05) is 29.8 Å². The Morgan fingerprint density at radius 1 is 1.08 bits per heavy atom. The second kappa shape index (κ2) is 7.88. The molecule has 0 aromatic heterocycles. The molecule has 4 nitrogen and oxygen atoms in total. The predicted molar refractivity (Wildman–Crippen MR) is 101 cm³/mol. The van der Waals surface area contributed by atoms with Gasteiger partial charge in [0.05, 0.1) is 6.61 Å². The van der Waals surface area contributed by atoms with Crippen LogP contribution in [0, 0.1) is 0 Å². The van der Waals surface area contributed by atoms with E-state index in [0.717, 1.165) is 48.0 Å². The zero-order valence-corrected chi connectivity index (χ0v) is 14.8. The Morgan fingerprint density at radius 2 is 1.83 bits per heavy atom. The summed E-state index contributed by atoms with van der Waals surface area (Å²) in [6.45, 7) is 4.88. The van der Waals surface area contributed by atoms with Crippen molar-refractivity contribution in [1.82, 2.24) is 4.90 Å². The number of piperazine rings is 1. The number of halogens is 1. The number of hydrogen-bond donors (Lipinski definition) is 2. The summed E-state index contributed by atoms with van der Waals surface area (Å²) in [5.74, 6) is 0. The van der Waals surface area contributed by atoms with E-state index in [0.29, 0.717) is 6.54 Å². The highest BCUT2D eigenvalue weighted by Gasteiger charge is 2.18. The van der Waals surface area contributed by atoms with Crippen LogP contribution in [0.15, 0.2) is 42.5 Å². The number of aliphatic hydroxyl groups is 1. The average molecular weight is 346 g/mol. The minimum atomic E-state index is 0.0498. The number of aliphatic hydroxyl groups excluding tert-OH is 1. The van der Waals surface area contributed by atoms with Crippen LogP contribution in [-0.2, 0) is 13.2 Å². The van der Waals surface area contributed by atoms with Crippen LogP contribution in [-0.4, -0.2) is 43.2 Å². The summed E-state index contributed by atoms with van der Waals surface area (Å²) < 4.78 is 0. The van der Waals surface area contributed by atoms with Crippen molar-refractivity contribution in [2.24, 2.45) is 0 Å². The summed E-state index contributed by atoms with van der Waals surface area (Å²) in [6, 6.07) is 13.9. The molecule has 2 aromatic rings. The Kier molecular flexibility index (Phi) is 5.61. The molecule has 128 valence electrons. The predicted octanol–water partition coefficient (Wildman–Crippen LogP) is 3.20. The third-order valence-corrected chi connectivity index (χ3v) is 4.87. The first-order valence-electron chi connectivity index (χ1n) is 8.32. The van der Waals surface area contributed by atoms with Gasteiger partial charge in [0, 0.05) is 54.7 Å². The second-order valence-electron chi connectivity index (χ2n) is 6.24. The Morgan fingerprint density at radius 3 is 2.58 bits per heavy atom. The molecule has 1 aliphatic heterocycles. The van der Waals surface area contributed by atoms with Crippen molar-refractivity contribution in [2.45, 2.75) is 13.2 Å². The van der Waals surface area contributed by atoms with E-state index < -0.39 is 0 Å². The van der Waals surface area contributed by atoms with E-state index in [1.54, 1.807) is 0 Å². The molecule has 0 unspecified atom stereocenters. The van der Waals surface area contributed by atoms with Gasteiger partial charge < -0.3 is 20.2 Å². The molecule has 1 fully saturated rings. The lowest BCUT2D eigenvalue weighted by molar-refractivity contribution is 0.282. The van der Waals surface area contributed by atoms with Crippen molar-refractivity contribution in [3.05, 3.63) is 58.6 Å². The summed E-state index contributed by atoms with van der Waals surface area (Å²) in [7, 11) is 2.16. The zero-order chi connectivity index (χ0) is 16.9. The molecule has 0 amide bonds. The van der Waals surface area contributed by atoms with E-state index in [-0.39, 0.29) is 6.61 Å². The molecule has 5 heteroatoms. The van der Waals surface area contributed by atoms with Crippen LogP contribution >= 0.6 is 11.6 Å². The van der Waals surface area contributed by atoms with Crippen molar-refractivity contribution in [2.75, 3.05) is 43.4 Å². The fraction of sp³-hybridized carbons (Fsp3) is 0.368. The molecule has 0 radical (unpaired) electrons. The second-order valence-corrected chi connectivity index (χ2v) is 6.65. The summed E-state index contributed by atoms with van der Waals surface area (Å²) in [5.41, 5.74) is 4.23.